The highest BCUT2D eigenvalue weighted by atomic mass is 16.5. The first kappa shape index (κ1) is 13.4. The van der Waals surface area contributed by atoms with Gasteiger partial charge in [-0.05, 0) is 50.6 Å². The highest BCUT2D eigenvalue weighted by molar-refractivity contribution is 6.08. The molecule has 0 aromatic heterocycles. The van der Waals surface area contributed by atoms with Crippen molar-refractivity contribution in [1.82, 2.24) is 0 Å². The summed E-state index contributed by atoms with van der Waals surface area (Å²) in [6, 6.07) is 16.7. The molecule has 22 heavy (non-hydrogen) atoms. The molecule has 1 unspecified atom stereocenters. The largest absolute Gasteiger partial charge is 0.486 e. The second-order valence-corrected chi connectivity index (χ2v) is 6.66. The monoisotopic (exact) mass is 292 g/mol. The fourth-order valence-corrected chi connectivity index (χ4v) is 3.36. The van der Waals surface area contributed by atoms with Gasteiger partial charge in [0.25, 0.3) is 0 Å². The molecule has 0 N–H and O–H groups in total. The molecule has 0 bridgehead atoms. The van der Waals surface area contributed by atoms with Crippen LogP contribution in [-0.2, 0) is 0 Å². The maximum Gasteiger partial charge on any atom is 0.129 e. The summed E-state index contributed by atoms with van der Waals surface area (Å²) in [5.41, 5.74) is 4.43. The molecule has 2 aliphatic heterocycles. The topological polar surface area (TPSA) is 24.8 Å². The Kier molecular flexibility index (Phi) is 2.80. The normalized spacial score (nSPS) is 21.7. The van der Waals surface area contributed by atoms with Gasteiger partial charge in [-0.1, -0.05) is 24.3 Å². The van der Waals surface area contributed by atoms with Crippen LogP contribution in [0.5, 0.6) is 5.75 Å². The Hall–Kier alpha value is -2.29. The minimum Gasteiger partial charge on any atom is -0.486 e. The molecule has 112 valence electrons. The highest BCUT2D eigenvalue weighted by Gasteiger charge is 2.45. The van der Waals surface area contributed by atoms with Crippen LogP contribution >= 0.6 is 0 Å². The molecule has 2 aromatic carbocycles. The van der Waals surface area contributed by atoms with Crippen molar-refractivity contribution in [3.05, 3.63) is 59.7 Å². The summed E-state index contributed by atoms with van der Waals surface area (Å²) in [6.45, 7) is 7.29. The number of ether oxygens (including phenoxy) is 1. The van der Waals surface area contributed by atoms with Crippen molar-refractivity contribution >= 4 is 11.4 Å². The van der Waals surface area contributed by atoms with E-state index in [1.54, 1.807) is 0 Å². The molecule has 0 fully saturated rings. The van der Waals surface area contributed by atoms with Crippen molar-refractivity contribution in [1.29, 1.82) is 0 Å². The van der Waals surface area contributed by atoms with Crippen molar-refractivity contribution in [3.8, 4) is 5.75 Å². The molecule has 2 aliphatic rings. The standard InChI is InChI=1S/C19H20N2O/c1-13-7-6-8-14(11-13)21-12-16-18(20-21)15-9-4-5-10-17(15)22-19(16,2)3/h4-11,16H,12H2,1-3H3. The molecule has 1 atom stereocenters. The third-order valence-electron chi connectivity index (χ3n) is 4.59. The van der Waals surface area contributed by atoms with E-state index in [2.05, 4.69) is 62.2 Å². The number of hydrogen-bond donors (Lipinski definition) is 0. The lowest BCUT2D eigenvalue weighted by Gasteiger charge is -2.38. The van der Waals surface area contributed by atoms with Gasteiger partial charge < -0.3 is 4.74 Å². The fraction of sp³-hybridized carbons (Fsp3) is 0.316. The van der Waals surface area contributed by atoms with E-state index in [0.717, 1.165) is 29.3 Å². The van der Waals surface area contributed by atoms with Crippen LogP contribution in [0.15, 0.2) is 53.6 Å². The van der Waals surface area contributed by atoms with Crippen LogP contribution in [0.2, 0.25) is 0 Å². The SMILES string of the molecule is Cc1cccc(N2CC3C(=N2)c2ccccc2OC3(C)C)c1. The van der Waals surface area contributed by atoms with Gasteiger partial charge in [0.15, 0.2) is 0 Å². The van der Waals surface area contributed by atoms with E-state index in [1.807, 2.05) is 12.1 Å². The third kappa shape index (κ3) is 2.00. The number of nitrogens with zero attached hydrogens (tertiary/aromatic N) is 2. The van der Waals surface area contributed by atoms with Crippen LogP contribution in [0.1, 0.15) is 25.0 Å². The van der Waals surface area contributed by atoms with E-state index in [1.165, 1.54) is 5.56 Å². The maximum atomic E-state index is 6.23. The number of fused-ring (bicyclic) bond motifs is 3. The lowest BCUT2D eigenvalue weighted by molar-refractivity contribution is 0.0710. The Labute approximate surface area is 131 Å². The van der Waals surface area contributed by atoms with Crippen molar-refractivity contribution < 1.29 is 4.74 Å². The molecule has 3 heteroatoms. The van der Waals surface area contributed by atoms with E-state index < -0.39 is 0 Å². The molecule has 2 aromatic rings. The van der Waals surface area contributed by atoms with Crippen LogP contribution in [-0.4, -0.2) is 17.9 Å². The van der Waals surface area contributed by atoms with Gasteiger partial charge in [-0.25, -0.2) is 0 Å². The van der Waals surface area contributed by atoms with E-state index in [0.29, 0.717) is 0 Å². The quantitative estimate of drug-likeness (QED) is 0.793. The Morgan fingerprint density at radius 1 is 1.14 bits per heavy atom. The molecule has 3 nitrogen and oxygen atoms in total. The minimum absolute atomic E-state index is 0.244. The number of hydrazone groups is 1. The molecular weight excluding hydrogens is 272 g/mol. The van der Waals surface area contributed by atoms with Gasteiger partial charge in [0.05, 0.1) is 23.9 Å². The van der Waals surface area contributed by atoms with Crippen LogP contribution < -0.4 is 9.75 Å². The molecule has 0 saturated heterocycles. The average Bonchev–Trinajstić information content (AvgIpc) is 2.93. The summed E-state index contributed by atoms with van der Waals surface area (Å²) in [6.07, 6.45) is 0. The lowest BCUT2D eigenvalue weighted by atomic mass is 9.81. The predicted octanol–water partition coefficient (Wildman–Crippen LogP) is 4.01. The van der Waals surface area contributed by atoms with Gasteiger partial charge >= 0.3 is 0 Å². The van der Waals surface area contributed by atoms with Crippen LogP contribution in [0.3, 0.4) is 0 Å². The van der Waals surface area contributed by atoms with Gasteiger partial charge in [0.1, 0.15) is 11.4 Å². The molecule has 0 spiro atoms. The number of para-hydroxylation sites is 1. The average molecular weight is 292 g/mol. The van der Waals surface area contributed by atoms with Crippen molar-refractivity contribution in [2.45, 2.75) is 26.4 Å². The van der Waals surface area contributed by atoms with Crippen LogP contribution in [0, 0.1) is 12.8 Å². The zero-order valence-corrected chi connectivity index (χ0v) is 13.2. The first-order valence-electron chi connectivity index (χ1n) is 7.76. The molecule has 4 rings (SSSR count). The first-order chi connectivity index (χ1) is 10.5. The number of aryl methyl sites for hydroxylation is 1. The summed E-state index contributed by atoms with van der Waals surface area (Å²) in [4.78, 5) is 0. The summed E-state index contributed by atoms with van der Waals surface area (Å²) < 4.78 is 6.23. The number of benzene rings is 2. The lowest BCUT2D eigenvalue weighted by Crippen LogP contribution is -2.47. The van der Waals surface area contributed by atoms with Gasteiger partial charge in [0, 0.05) is 5.56 Å². The number of rotatable bonds is 1. The summed E-state index contributed by atoms with van der Waals surface area (Å²) in [5.74, 6) is 1.22. The second kappa shape index (κ2) is 4.60. The highest BCUT2D eigenvalue weighted by Crippen LogP contribution is 2.41. The van der Waals surface area contributed by atoms with Crippen molar-refractivity contribution in [2.24, 2.45) is 11.0 Å². The Morgan fingerprint density at radius 2 is 1.95 bits per heavy atom. The molecule has 0 saturated carbocycles. The predicted molar refractivity (Wildman–Crippen MR) is 89.7 cm³/mol. The first-order valence-corrected chi connectivity index (χ1v) is 7.76. The van der Waals surface area contributed by atoms with Crippen LogP contribution in [0.25, 0.3) is 0 Å². The fourth-order valence-electron chi connectivity index (χ4n) is 3.36. The Bertz CT molecular complexity index is 764. The molecule has 0 radical (unpaired) electrons. The van der Waals surface area contributed by atoms with E-state index in [-0.39, 0.29) is 11.5 Å². The van der Waals surface area contributed by atoms with Gasteiger partial charge in [-0.2, -0.15) is 5.10 Å². The second-order valence-electron chi connectivity index (χ2n) is 6.66. The van der Waals surface area contributed by atoms with E-state index in [9.17, 15) is 0 Å². The van der Waals surface area contributed by atoms with Crippen molar-refractivity contribution in [2.75, 3.05) is 11.6 Å². The van der Waals surface area contributed by atoms with E-state index >= 15 is 0 Å². The van der Waals surface area contributed by atoms with Gasteiger partial charge in [-0.15, -0.1) is 0 Å². The zero-order chi connectivity index (χ0) is 15.3. The molecule has 0 amide bonds. The maximum absolute atomic E-state index is 6.23. The molecular formula is C19H20N2O. The molecule has 2 heterocycles. The van der Waals surface area contributed by atoms with Crippen LogP contribution in [0.4, 0.5) is 5.69 Å². The summed E-state index contributed by atoms with van der Waals surface area (Å²) >= 11 is 0. The zero-order valence-electron chi connectivity index (χ0n) is 13.2. The van der Waals surface area contributed by atoms with Gasteiger partial charge in [0.2, 0.25) is 0 Å². The third-order valence-corrected chi connectivity index (χ3v) is 4.59. The van der Waals surface area contributed by atoms with E-state index in [4.69, 9.17) is 9.84 Å². The Balaban J connectivity index is 1.80. The molecule has 0 aliphatic carbocycles. The smallest absolute Gasteiger partial charge is 0.129 e. The number of anilines is 1. The van der Waals surface area contributed by atoms with Gasteiger partial charge in [-0.3, -0.25) is 5.01 Å². The Morgan fingerprint density at radius 3 is 2.77 bits per heavy atom. The number of hydrogen-bond acceptors (Lipinski definition) is 3. The minimum atomic E-state index is -0.244. The summed E-state index contributed by atoms with van der Waals surface area (Å²) in [5, 5.41) is 7.04. The van der Waals surface area contributed by atoms with Crippen molar-refractivity contribution in [3.63, 3.8) is 0 Å². The summed E-state index contributed by atoms with van der Waals surface area (Å²) in [7, 11) is 0.